The zero-order valence-electron chi connectivity index (χ0n) is 6.24. The maximum atomic E-state index is 8.95. The molecule has 5 heteroatoms. The highest BCUT2D eigenvalue weighted by molar-refractivity contribution is 6.30. The van der Waals surface area contributed by atoms with Gasteiger partial charge < -0.3 is 10.0 Å². The van der Waals surface area contributed by atoms with Crippen molar-refractivity contribution in [1.82, 2.24) is 9.97 Å². The Bertz CT molecular complexity index is 264. The average molecular weight is 174 g/mol. The van der Waals surface area contributed by atoms with Crippen LogP contribution >= 0.6 is 11.6 Å². The zero-order valence-corrected chi connectivity index (χ0v) is 7.00. The highest BCUT2D eigenvalue weighted by Gasteiger charge is 2.03. The highest BCUT2D eigenvalue weighted by atomic mass is 35.5. The summed E-state index contributed by atoms with van der Waals surface area (Å²) < 4.78 is 0. The molecule has 0 saturated carbocycles. The van der Waals surface area contributed by atoms with E-state index in [2.05, 4.69) is 9.97 Å². The van der Waals surface area contributed by atoms with Gasteiger partial charge in [0, 0.05) is 14.1 Å². The van der Waals surface area contributed by atoms with Crippen molar-refractivity contribution in [3.63, 3.8) is 0 Å². The second-order valence-electron chi connectivity index (χ2n) is 2.24. The fraction of sp³-hybridized carbons (Fsp3) is 0.333. The van der Waals surface area contributed by atoms with Crippen LogP contribution in [0.5, 0.6) is 5.75 Å². The third-order valence-corrected chi connectivity index (χ3v) is 1.39. The minimum atomic E-state index is -0.0998. The normalized spacial score (nSPS) is 9.73. The second kappa shape index (κ2) is 2.92. The van der Waals surface area contributed by atoms with Crippen LogP contribution in [0.2, 0.25) is 5.15 Å². The molecule has 0 unspecified atom stereocenters. The molecule has 1 N–H and O–H groups in total. The lowest BCUT2D eigenvalue weighted by molar-refractivity contribution is 0.470. The molecule has 0 saturated heterocycles. The fourth-order valence-corrected chi connectivity index (χ4v) is 0.686. The quantitative estimate of drug-likeness (QED) is 0.642. The van der Waals surface area contributed by atoms with Gasteiger partial charge in [0.25, 0.3) is 0 Å². The van der Waals surface area contributed by atoms with Crippen LogP contribution in [-0.2, 0) is 0 Å². The van der Waals surface area contributed by atoms with Crippen molar-refractivity contribution in [3.05, 3.63) is 11.3 Å². The van der Waals surface area contributed by atoms with Gasteiger partial charge in [-0.3, -0.25) is 0 Å². The lowest BCUT2D eigenvalue weighted by Crippen LogP contribution is -2.12. The molecule has 1 rings (SSSR count). The van der Waals surface area contributed by atoms with Gasteiger partial charge in [0.2, 0.25) is 5.95 Å². The Morgan fingerprint density at radius 3 is 2.64 bits per heavy atom. The van der Waals surface area contributed by atoms with Gasteiger partial charge in [0.15, 0.2) is 10.9 Å². The number of nitrogens with zero attached hydrogens (tertiary/aromatic N) is 3. The predicted molar refractivity (Wildman–Crippen MR) is 43.0 cm³/mol. The summed E-state index contributed by atoms with van der Waals surface area (Å²) in [6.07, 6.45) is 1.27. The summed E-state index contributed by atoms with van der Waals surface area (Å²) in [6.45, 7) is 0. The molecule has 0 aliphatic heterocycles. The van der Waals surface area contributed by atoms with Crippen molar-refractivity contribution in [2.24, 2.45) is 0 Å². The van der Waals surface area contributed by atoms with Crippen LogP contribution in [0.1, 0.15) is 0 Å². The first-order valence-corrected chi connectivity index (χ1v) is 3.38. The Hall–Kier alpha value is -1.03. The van der Waals surface area contributed by atoms with Gasteiger partial charge in [-0.05, 0) is 0 Å². The van der Waals surface area contributed by atoms with Gasteiger partial charge in [0.05, 0.1) is 6.20 Å². The number of anilines is 1. The molecule has 1 aromatic heterocycles. The minimum absolute atomic E-state index is 0.0729. The number of hydrogen-bond donors (Lipinski definition) is 1. The number of aromatic nitrogens is 2. The molecular weight excluding hydrogens is 166 g/mol. The van der Waals surface area contributed by atoms with Crippen molar-refractivity contribution < 1.29 is 5.11 Å². The van der Waals surface area contributed by atoms with E-state index in [1.165, 1.54) is 6.20 Å². The van der Waals surface area contributed by atoms with Crippen molar-refractivity contribution >= 4 is 17.5 Å². The van der Waals surface area contributed by atoms with Crippen LogP contribution in [0.3, 0.4) is 0 Å². The van der Waals surface area contributed by atoms with E-state index in [0.29, 0.717) is 5.95 Å². The summed E-state index contributed by atoms with van der Waals surface area (Å²) in [5.74, 6) is 0.380. The van der Waals surface area contributed by atoms with Gasteiger partial charge in [0.1, 0.15) is 0 Å². The van der Waals surface area contributed by atoms with Crippen LogP contribution in [0.15, 0.2) is 6.20 Å². The lowest BCUT2D eigenvalue weighted by Gasteiger charge is -2.08. The molecule has 0 radical (unpaired) electrons. The van der Waals surface area contributed by atoms with Gasteiger partial charge in [-0.25, -0.2) is 4.98 Å². The first-order chi connectivity index (χ1) is 5.11. The summed E-state index contributed by atoms with van der Waals surface area (Å²) in [4.78, 5) is 9.32. The molecule has 1 aromatic rings. The standard InChI is InChI=1S/C6H8ClN3O/c1-10(2)6-8-3-4(11)5(7)9-6/h3,11H,1-2H3. The Balaban J connectivity index is 3.05. The molecule has 60 valence electrons. The van der Waals surface area contributed by atoms with Crippen LogP contribution in [0.25, 0.3) is 0 Å². The molecule has 0 aliphatic rings. The molecule has 0 aromatic carbocycles. The lowest BCUT2D eigenvalue weighted by atomic mass is 10.6. The molecule has 4 nitrogen and oxygen atoms in total. The Kier molecular flexibility index (Phi) is 2.14. The molecule has 1 heterocycles. The van der Waals surface area contributed by atoms with E-state index >= 15 is 0 Å². The maximum Gasteiger partial charge on any atom is 0.226 e. The third-order valence-electron chi connectivity index (χ3n) is 1.11. The third kappa shape index (κ3) is 1.71. The van der Waals surface area contributed by atoms with E-state index in [1.54, 1.807) is 19.0 Å². The van der Waals surface area contributed by atoms with E-state index in [9.17, 15) is 0 Å². The number of halogens is 1. The SMILES string of the molecule is CN(C)c1ncc(O)c(Cl)n1. The Labute approximate surface area is 69.5 Å². The van der Waals surface area contributed by atoms with E-state index in [-0.39, 0.29) is 10.9 Å². The van der Waals surface area contributed by atoms with Crippen LogP contribution in [0.4, 0.5) is 5.95 Å². The smallest absolute Gasteiger partial charge is 0.226 e. The van der Waals surface area contributed by atoms with Gasteiger partial charge >= 0.3 is 0 Å². The zero-order chi connectivity index (χ0) is 8.43. The molecule has 0 atom stereocenters. The van der Waals surface area contributed by atoms with Gasteiger partial charge in [-0.2, -0.15) is 4.98 Å². The van der Waals surface area contributed by atoms with Crippen LogP contribution in [0, 0.1) is 0 Å². The van der Waals surface area contributed by atoms with Gasteiger partial charge in [-0.1, -0.05) is 11.6 Å². The topological polar surface area (TPSA) is 49.2 Å². The second-order valence-corrected chi connectivity index (χ2v) is 2.60. The Morgan fingerprint density at radius 1 is 1.55 bits per heavy atom. The molecule has 0 bridgehead atoms. The number of rotatable bonds is 1. The molecule has 0 amide bonds. The summed E-state index contributed by atoms with van der Waals surface area (Å²) in [5, 5.41) is 9.02. The molecular formula is C6H8ClN3O. The Morgan fingerprint density at radius 2 is 2.18 bits per heavy atom. The van der Waals surface area contributed by atoms with Crippen molar-refractivity contribution in [1.29, 1.82) is 0 Å². The monoisotopic (exact) mass is 173 g/mol. The largest absolute Gasteiger partial charge is 0.504 e. The molecule has 0 fully saturated rings. The van der Waals surface area contributed by atoms with Crippen molar-refractivity contribution in [3.8, 4) is 5.75 Å². The molecule has 11 heavy (non-hydrogen) atoms. The van der Waals surface area contributed by atoms with Crippen molar-refractivity contribution in [2.75, 3.05) is 19.0 Å². The summed E-state index contributed by atoms with van der Waals surface area (Å²) in [7, 11) is 3.59. The molecule has 0 aliphatic carbocycles. The summed E-state index contributed by atoms with van der Waals surface area (Å²) in [6, 6.07) is 0. The molecule has 0 spiro atoms. The summed E-state index contributed by atoms with van der Waals surface area (Å²) in [5.41, 5.74) is 0. The number of aromatic hydroxyl groups is 1. The number of hydrogen-bond acceptors (Lipinski definition) is 4. The van der Waals surface area contributed by atoms with E-state index < -0.39 is 0 Å². The van der Waals surface area contributed by atoms with E-state index in [1.807, 2.05) is 0 Å². The highest BCUT2D eigenvalue weighted by Crippen LogP contribution is 2.20. The predicted octanol–water partition coefficient (Wildman–Crippen LogP) is 0.902. The first kappa shape index (κ1) is 8.07. The van der Waals surface area contributed by atoms with Crippen molar-refractivity contribution in [2.45, 2.75) is 0 Å². The fourth-order valence-electron chi connectivity index (χ4n) is 0.562. The van der Waals surface area contributed by atoms with E-state index in [0.717, 1.165) is 0 Å². The van der Waals surface area contributed by atoms with Crippen LogP contribution < -0.4 is 4.90 Å². The maximum absolute atomic E-state index is 8.95. The van der Waals surface area contributed by atoms with Crippen LogP contribution in [-0.4, -0.2) is 29.2 Å². The first-order valence-electron chi connectivity index (χ1n) is 3.00. The van der Waals surface area contributed by atoms with E-state index in [4.69, 9.17) is 16.7 Å². The van der Waals surface area contributed by atoms with Gasteiger partial charge in [-0.15, -0.1) is 0 Å². The summed E-state index contributed by atoms with van der Waals surface area (Å²) >= 11 is 5.53. The minimum Gasteiger partial charge on any atom is -0.504 e. The average Bonchev–Trinajstić information content (AvgIpc) is 1.94.